The number of carbonyl (C=O) groups is 1. The van der Waals surface area contributed by atoms with Crippen LogP contribution in [-0.4, -0.2) is 64.1 Å². The fraction of sp³-hybridized carbons (Fsp3) is 0.387. The Morgan fingerprint density at radius 1 is 0.711 bits per heavy atom. The maximum atomic E-state index is 13.3. The molecule has 2 aliphatic heterocycles. The minimum Gasteiger partial charge on any atom is -0.390 e. The van der Waals surface area contributed by atoms with Gasteiger partial charge < -0.3 is 29.3 Å². The second-order valence-corrected chi connectivity index (χ2v) is 10.0. The third kappa shape index (κ3) is 6.31. The van der Waals surface area contributed by atoms with E-state index < -0.39 is 30.3 Å². The second-order valence-electron chi connectivity index (χ2n) is 10.0. The number of hydrogen-bond donors (Lipinski definition) is 2. The molecule has 0 bridgehead atoms. The molecule has 1 amide bonds. The zero-order valence-corrected chi connectivity index (χ0v) is 21.3. The van der Waals surface area contributed by atoms with Crippen LogP contribution in [0.2, 0.25) is 0 Å². The van der Waals surface area contributed by atoms with Gasteiger partial charge in [0.1, 0.15) is 6.10 Å². The van der Waals surface area contributed by atoms with E-state index in [0.29, 0.717) is 26.2 Å². The smallest absolute Gasteiger partial charge is 0.254 e. The number of aliphatic hydroxyl groups excluding tert-OH is 2. The van der Waals surface area contributed by atoms with Gasteiger partial charge in [-0.3, -0.25) is 4.79 Å². The number of benzene rings is 3. The molecule has 5 rings (SSSR count). The molecule has 0 radical (unpaired) electrons. The van der Waals surface area contributed by atoms with Gasteiger partial charge in [-0.25, -0.2) is 0 Å². The van der Waals surface area contributed by atoms with Crippen LogP contribution in [-0.2, 0) is 38.8 Å². The molecule has 0 aromatic heterocycles. The molecule has 3 aromatic rings. The lowest BCUT2D eigenvalue weighted by Crippen LogP contribution is -2.69. The van der Waals surface area contributed by atoms with Gasteiger partial charge in [0.25, 0.3) is 5.91 Å². The molecular formula is C31H35NO6. The highest BCUT2D eigenvalue weighted by Gasteiger charge is 2.52. The molecule has 0 aliphatic carbocycles. The third-order valence-electron chi connectivity index (χ3n) is 7.38. The van der Waals surface area contributed by atoms with Crippen LogP contribution in [0, 0.1) is 0 Å². The Bertz CT molecular complexity index is 1140. The number of amides is 1. The molecule has 2 N–H and O–H groups in total. The largest absolute Gasteiger partial charge is 0.390 e. The van der Waals surface area contributed by atoms with E-state index in [2.05, 4.69) is 0 Å². The lowest BCUT2D eigenvalue weighted by atomic mass is 9.83. The van der Waals surface area contributed by atoms with Crippen LogP contribution in [0.1, 0.15) is 29.5 Å². The topological polar surface area (TPSA) is 88.5 Å². The number of nitrogens with zero attached hydrogens (tertiary/aromatic N) is 1. The molecular weight excluding hydrogens is 482 g/mol. The molecule has 2 aliphatic rings. The van der Waals surface area contributed by atoms with Gasteiger partial charge in [-0.2, -0.15) is 0 Å². The van der Waals surface area contributed by atoms with Gasteiger partial charge in [0.05, 0.1) is 44.7 Å². The van der Waals surface area contributed by atoms with E-state index in [9.17, 15) is 15.0 Å². The SMILES string of the molecule is O=C1[C@H](O)[C@H](O)C[C@@H]2C[C@@H](OCc3ccccc3)[C@H](OCc3ccccc3)[C@H](COCc3ccccc3)N12. The van der Waals surface area contributed by atoms with E-state index >= 15 is 0 Å². The quantitative estimate of drug-likeness (QED) is 0.428. The van der Waals surface area contributed by atoms with Gasteiger partial charge in [0, 0.05) is 6.04 Å². The first kappa shape index (κ1) is 26.5. The van der Waals surface area contributed by atoms with Gasteiger partial charge in [-0.05, 0) is 29.5 Å². The highest BCUT2D eigenvalue weighted by molar-refractivity contribution is 5.83. The summed E-state index contributed by atoms with van der Waals surface area (Å²) in [7, 11) is 0. The number of carbonyl (C=O) groups excluding carboxylic acids is 1. The van der Waals surface area contributed by atoms with Crippen molar-refractivity contribution in [2.24, 2.45) is 0 Å². The van der Waals surface area contributed by atoms with Crippen molar-refractivity contribution in [3.8, 4) is 0 Å². The van der Waals surface area contributed by atoms with Crippen molar-refractivity contribution in [3.05, 3.63) is 108 Å². The standard InChI is InChI=1S/C31H35NO6/c33-27-16-25-17-28(37-19-23-12-6-2-7-13-23)30(38-20-24-14-8-3-9-15-24)26(32(25)31(35)29(27)34)21-36-18-22-10-4-1-5-11-22/h1-15,25-30,33-34H,16-21H2/t25-,26+,27-,28-,29-,30-/m1/s1. The van der Waals surface area contributed by atoms with Crippen molar-refractivity contribution < 1.29 is 29.2 Å². The Balaban J connectivity index is 1.40. The van der Waals surface area contributed by atoms with Crippen LogP contribution in [0.3, 0.4) is 0 Å². The minimum absolute atomic E-state index is 0.213. The van der Waals surface area contributed by atoms with Crippen molar-refractivity contribution in [2.45, 2.75) is 69.2 Å². The highest BCUT2D eigenvalue weighted by Crippen LogP contribution is 2.35. The number of rotatable bonds is 10. The van der Waals surface area contributed by atoms with Crippen LogP contribution in [0.4, 0.5) is 0 Å². The molecule has 2 heterocycles. The van der Waals surface area contributed by atoms with E-state index in [4.69, 9.17) is 14.2 Å². The molecule has 200 valence electrons. The predicted molar refractivity (Wildman–Crippen MR) is 142 cm³/mol. The summed E-state index contributed by atoms with van der Waals surface area (Å²) < 4.78 is 19.1. The van der Waals surface area contributed by atoms with E-state index in [1.54, 1.807) is 4.90 Å². The lowest BCUT2D eigenvalue weighted by molar-refractivity contribution is -0.202. The summed E-state index contributed by atoms with van der Waals surface area (Å²) in [6.07, 6.45) is -2.61. The van der Waals surface area contributed by atoms with Gasteiger partial charge in [0.2, 0.25) is 0 Å². The molecule has 6 atom stereocenters. The summed E-state index contributed by atoms with van der Waals surface area (Å²) in [4.78, 5) is 15.0. The molecule has 38 heavy (non-hydrogen) atoms. The van der Waals surface area contributed by atoms with Crippen LogP contribution in [0.5, 0.6) is 0 Å². The second kappa shape index (κ2) is 12.7. The molecule has 7 heteroatoms. The van der Waals surface area contributed by atoms with E-state index in [-0.39, 0.29) is 25.2 Å². The first-order valence-corrected chi connectivity index (χ1v) is 13.2. The Morgan fingerprint density at radius 2 is 1.24 bits per heavy atom. The van der Waals surface area contributed by atoms with Crippen molar-refractivity contribution >= 4 is 5.91 Å². The monoisotopic (exact) mass is 517 g/mol. The van der Waals surface area contributed by atoms with E-state index in [1.165, 1.54) is 0 Å². The van der Waals surface area contributed by atoms with Crippen molar-refractivity contribution in [1.82, 2.24) is 4.90 Å². The Labute approximate surface area is 223 Å². The summed E-state index contributed by atoms with van der Waals surface area (Å²) in [5.74, 6) is -0.489. The highest BCUT2D eigenvalue weighted by atomic mass is 16.5. The fourth-order valence-electron chi connectivity index (χ4n) is 5.44. The molecule has 0 spiro atoms. The van der Waals surface area contributed by atoms with Crippen molar-refractivity contribution in [1.29, 1.82) is 0 Å². The van der Waals surface area contributed by atoms with Crippen molar-refractivity contribution in [2.75, 3.05) is 6.61 Å². The molecule has 0 saturated carbocycles. The van der Waals surface area contributed by atoms with E-state index in [1.807, 2.05) is 91.0 Å². The molecule has 3 aromatic carbocycles. The zero-order chi connectivity index (χ0) is 26.3. The average molecular weight is 518 g/mol. The predicted octanol–water partition coefficient (Wildman–Crippen LogP) is 3.47. The van der Waals surface area contributed by atoms with E-state index in [0.717, 1.165) is 16.7 Å². The first-order valence-electron chi connectivity index (χ1n) is 13.2. The number of fused-ring (bicyclic) bond motifs is 1. The van der Waals surface area contributed by atoms with Crippen LogP contribution in [0.25, 0.3) is 0 Å². The first-order chi connectivity index (χ1) is 18.6. The summed E-state index contributed by atoms with van der Waals surface area (Å²) in [6.45, 7) is 1.35. The molecule has 2 fully saturated rings. The maximum Gasteiger partial charge on any atom is 0.254 e. The zero-order valence-electron chi connectivity index (χ0n) is 21.3. The summed E-state index contributed by atoms with van der Waals surface area (Å²) in [6, 6.07) is 28.9. The average Bonchev–Trinajstić information content (AvgIpc) is 2.95. The minimum atomic E-state index is -1.46. The Hall–Kier alpha value is -3.07. The van der Waals surface area contributed by atoms with Gasteiger partial charge >= 0.3 is 0 Å². The van der Waals surface area contributed by atoms with Crippen LogP contribution < -0.4 is 0 Å². The number of hydrogen-bond acceptors (Lipinski definition) is 6. The van der Waals surface area contributed by atoms with Gasteiger partial charge in [-0.1, -0.05) is 91.0 Å². The lowest BCUT2D eigenvalue weighted by Gasteiger charge is -2.52. The van der Waals surface area contributed by atoms with Gasteiger partial charge in [0.15, 0.2) is 6.10 Å². The maximum absolute atomic E-state index is 13.3. The van der Waals surface area contributed by atoms with Crippen LogP contribution >= 0.6 is 0 Å². The molecule has 7 nitrogen and oxygen atoms in total. The summed E-state index contributed by atoms with van der Waals surface area (Å²) >= 11 is 0. The normalized spacial score (nSPS) is 27.2. The number of aliphatic hydroxyl groups is 2. The Kier molecular flexibility index (Phi) is 8.83. The number of piperidine rings is 2. The van der Waals surface area contributed by atoms with Crippen LogP contribution in [0.15, 0.2) is 91.0 Å². The fourth-order valence-corrected chi connectivity index (χ4v) is 5.44. The van der Waals surface area contributed by atoms with Gasteiger partial charge in [-0.15, -0.1) is 0 Å². The summed E-state index contributed by atoms with van der Waals surface area (Å²) in [5.41, 5.74) is 3.09. The third-order valence-corrected chi connectivity index (χ3v) is 7.38. The number of ether oxygens (including phenoxy) is 3. The Morgan fingerprint density at radius 3 is 1.82 bits per heavy atom. The molecule has 0 unspecified atom stereocenters. The molecule has 2 saturated heterocycles. The summed E-state index contributed by atoms with van der Waals surface area (Å²) in [5, 5.41) is 20.9. The van der Waals surface area contributed by atoms with Crippen molar-refractivity contribution in [3.63, 3.8) is 0 Å².